The maximum atomic E-state index is 13.5. The van der Waals surface area contributed by atoms with Crippen molar-refractivity contribution < 1.29 is 13.9 Å². The third-order valence-corrected chi connectivity index (χ3v) is 7.41. The summed E-state index contributed by atoms with van der Waals surface area (Å²) in [5.41, 5.74) is 3.71. The molecule has 0 aliphatic carbocycles. The maximum absolute atomic E-state index is 13.5. The number of nitrogens with one attached hydrogen (secondary N) is 1. The molecule has 40 heavy (non-hydrogen) atoms. The number of carbonyl (C=O) groups excluding carboxylic acids is 1. The molecule has 4 aromatic rings. The van der Waals surface area contributed by atoms with Gasteiger partial charge in [0.2, 0.25) is 11.5 Å². The second kappa shape index (κ2) is 11.9. The van der Waals surface area contributed by atoms with Gasteiger partial charge in [-0.05, 0) is 47.9 Å². The highest BCUT2D eigenvalue weighted by Gasteiger charge is 2.28. The molecule has 2 aromatic carbocycles. The van der Waals surface area contributed by atoms with Gasteiger partial charge in [0.15, 0.2) is 11.3 Å². The normalized spacial score (nSPS) is 13.2. The number of methoxy groups -OCH3 is 1. The molecule has 0 unspecified atom stereocenters. The van der Waals surface area contributed by atoms with Gasteiger partial charge in [-0.15, -0.1) is 0 Å². The molecule has 210 valence electrons. The Morgan fingerprint density at radius 2 is 1.43 bits per heavy atom. The van der Waals surface area contributed by atoms with E-state index in [4.69, 9.17) is 9.15 Å². The molecule has 0 saturated heterocycles. The lowest BCUT2D eigenvalue weighted by Crippen LogP contribution is -2.46. The molecule has 0 saturated carbocycles. The Labute approximate surface area is 234 Å². The highest BCUT2D eigenvalue weighted by molar-refractivity contribution is 5.81. The average Bonchev–Trinajstić information content (AvgIpc) is 2.93. The minimum Gasteiger partial charge on any atom is -0.493 e. The van der Waals surface area contributed by atoms with E-state index in [1.807, 2.05) is 19.1 Å². The molecule has 0 fully saturated rings. The van der Waals surface area contributed by atoms with Crippen LogP contribution in [0.1, 0.15) is 87.6 Å². The molecule has 1 amide bonds. The summed E-state index contributed by atoms with van der Waals surface area (Å²) in [6, 6.07) is 16.8. The number of rotatable bonds is 9. The summed E-state index contributed by atoms with van der Waals surface area (Å²) < 4.78 is 11.4. The summed E-state index contributed by atoms with van der Waals surface area (Å²) in [5.74, 6) is -0.687. The van der Waals surface area contributed by atoms with Crippen LogP contribution in [0, 0.1) is 0 Å². The Morgan fingerprint density at radius 1 is 0.875 bits per heavy atom. The van der Waals surface area contributed by atoms with Gasteiger partial charge in [0.25, 0.3) is 5.56 Å². The van der Waals surface area contributed by atoms with E-state index in [0.29, 0.717) is 11.8 Å². The number of hydrogen-bond donors (Lipinski definition) is 1. The molecule has 8 nitrogen and oxygen atoms in total. The van der Waals surface area contributed by atoms with Crippen molar-refractivity contribution in [2.45, 2.75) is 71.4 Å². The van der Waals surface area contributed by atoms with Gasteiger partial charge in [0.05, 0.1) is 7.11 Å². The van der Waals surface area contributed by atoms with Crippen LogP contribution in [0.2, 0.25) is 0 Å². The van der Waals surface area contributed by atoms with Gasteiger partial charge in [0, 0.05) is 24.2 Å². The van der Waals surface area contributed by atoms with Crippen molar-refractivity contribution >= 4 is 17.0 Å². The molecule has 2 atom stereocenters. The van der Waals surface area contributed by atoms with Crippen molar-refractivity contribution in [1.82, 2.24) is 14.9 Å². The number of fused-ring (bicyclic) bond motifs is 1. The van der Waals surface area contributed by atoms with E-state index in [0.717, 1.165) is 15.7 Å². The lowest BCUT2D eigenvalue weighted by atomic mass is 9.83. The molecule has 8 heteroatoms. The minimum absolute atomic E-state index is 0.0487. The Bertz CT molecular complexity index is 1580. The van der Waals surface area contributed by atoms with Gasteiger partial charge in [-0.3, -0.25) is 9.59 Å². The van der Waals surface area contributed by atoms with Crippen LogP contribution in [0.3, 0.4) is 0 Å². The second-order valence-corrected chi connectivity index (χ2v) is 10.8. The molecule has 4 rings (SSSR count). The first-order valence-corrected chi connectivity index (χ1v) is 13.6. The maximum Gasteiger partial charge on any atom is 0.423 e. The first kappa shape index (κ1) is 28.8. The third kappa shape index (κ3) is 5.71. The number of amides is 1. The fraction of sp³-hybridized carbons (Fsp3) is 0.375. The molecule has 0 radical (unpaired) electrons. The monoisotopic (exact) mass is 543 g/mol. The van der Waals surface area contributed by atoms with Crippen LogP contribution in [-0.2, 0) is 4.79 Å². The number of nitrogens with zero attached hydrogens (tertiary/aromatic N) is 2. The van der Waals surface area contributed by atoms with Crippen molar-refractivity contribution in [3.63, 3.8) is 0 Å². The first-order valence-electron chi connectivity index (χ1n) is 13.6. The zero-order valence-corrected chi connectivity index (χ0v) is 24.1. The zero-order chi connectivity index (χ0) is 29.1. The Kier molecular flexibility index (Phi) is 8.57. The van der Waals surface area contributed by atoms with Crippen molar-refractivity contribution in [3.8, 4) is 5.75 Å². The Hall–Kier alpha value is -4.20. The van der Waals surface area contributed by atoms with Gasteiger partial charge in [-0.2, -0.15) is 0 Å². The fourth-order valence-corrected chi connectivity index (χ4v) is 5.05. The molecule has 2 aromatic heterocycles. The lowest BCUT2D eigenvalue weighted by molar-refractivity contribution is -0.124. The standard InChI is InChI=1S/C32H37N3O5/c1-18(2)22-10-8-12-24(16-22)27(25-13-9-11-23(17-25)19(3)4)20(5)34-30(36)21(6)35-31(37)28-29(40-32(35)38)26(39-7)14-15-33-28/h8-21,27H,1-7H3,(H,34,36)/t20-,21-/m0/s1. The van der Waals surface area contributed by atoms with Crippen LogP contribution < -0.4 is 21.4 Å². The number of carbonyl (C=O) groups is 1. The van der Waals surface area contributed by atoms with E-state index in [-0.39, 0.29) is 28.8 Å². The van der Waals surface area contributed by atoms with Crippen LogP contribution in [-0.4, -0.2) is 28.6 Å². The highest BCUT2D eigenvalue weighted by atomic mass is 16.5. The quantitative estimate of drug-likeness (QED) is 0.299. The van der Waals surface area contributed by atoms with E-state index in [2.05, 4.69) is 74.4 Å². The van der Waals surface area contributed by atoms with Gasteiger partial charge in [0.1, 0.15) is 6.04 Å². The van der Waals surface area contributed by atoms with Gasteiger partial charge in [-0.25, -0.2) is 14.3 Å². The molecule has 1 N–H and O–H groups in total. The van der Waals surface area contributed by atoms with E-state index in [1.54, 1.807) is 0 Å². The molecule has 0 aliphatic rings. The predicted octanol–water partition coefficient (Wildman–Crippen LogP) is 5.50. The largest absolute Gasteiger partial charge is 0.493 e. The summed E-state index contributed by atoms with van der Waals surface area (Å²) in [5, 5.41) is 3.07. The van der Waals surface area contributed by atoms with Crippen LogP contribution in [0.4, 0.5) is 0 Å². The minimum atomic E-state index is -1.13. The summed E-state index contributed by atoms with van der Waals surface area (Å²) in [6.07, 6.45) is 1.39. The summed E-state index contributed by atoms with van der Waals surface area (Å²) in [7, 11) is 1.40. The fourth-order valence-electron chi connectivity index (χ4n) is 5.05. The van der Waals surface area contributed by atoms with Crippen LogP contribution >= 0.6 is 0 Å². The lowest BCUT2D eigenvalue weighted by Gasteiger charge is -2.28. The zero-order valence-electron chi connectivity index (χ0n) is 24.1. The third-order valence-electron chi connectivity index (χ3n) is 7.41. The Balaban J connectivity index is 1.72. The molecular formula is C32H37N3O5. The SMILES string of the molecule is COc1ccnc2c(=O)n([C@@H](C)C(=O)N[C@@H](C)C(c3cccc(C(C)C)c3)c3cccc(C(C)C)c3)c(=O)oc12. The van der Waals surface area contributed by atoms with Crippen molar-refractivity contribution in [2.24, 2.45) is 0 Å². The van der Waals surface area contributed by atoms with Crippen molar-refractivity contribution in [1.29, 1.82) is 0 Å². The summed E-state index contributed by atoms with van der Waals surface area (Å²) in [6.45, 7) is 12.0. The topological polar surface area (TPSA) is 103 Å². The van der Waals surface area contributed by atoms with Gasteiger partial charge in [-0.1, -0.05) is 76.2 Å². The van der Waals surface area contributed by atoms with E-state index < -0.39 is 23.3 Å². The number of benzene rings is 2. The van der Waals surface area contributed by atoms with E-state index in [1.165, 1.54) is 37.4 Å². The number of hydrogen-bond acceptors (Lipinski definition) is 6. The van der Waals surface area contributed by atoms with Crippen LogP contribution in [0.15, 0.2) is 74.8 Å². The van der Waals surface area contributed by atoms with Gasteiger partial charge < -0.3 is 14.5 Å². The number of aromatic nitrogens is 2. The molecular weight excluding hydrogens is 506 g/mol. The number of ether oxygens (including phenoxy) is 1. The van der Waals surface area contributed by atoms with Crippen LogP contribution in [0.25, 0.3) is 11.1 Å². The summed E-state index contributed by atoms with van der Waals surface area (Å²) in [4.78, 5) is 43.7. The van der Waals surface area contributed by atoms with Crippen molar-refractivity contribution in [3.05, 3.63) is 104 Å². The highest BCUT2D eigenvalue weighted by Crippen LogP contribution is 2.32. The van der Waals surface area contributed by atoms with Crippen LogP contribution in [0.5, 0.6) is 5.75 Å². The predicted molar refractivity (Wildman–Crippen MR) is 156 cm³/mol. The van der Waals surface area contributed by atoms with E-state index >= 15 is 0 Å². The Morgan fingerprint density at radius 3 is 1.95 bits per heavy atom. The molecule has 0 spiro atoms. The second-order valence-electron chi connectivity index (χ2n) is 10.8. The number of pyridine rings is 1. The molecule has 0 bridgehead atoms. The summed E-state index contributed by atoms with van der Waals surface area (Å²) >= 11 is 0. The van der Waals surface area contributed by atoms with Crippen molar-refractivity contribution in [2.75, 3.05) is 7.11 Å². The molecule has 2 heterocycles. The average molecular weight is 544 g/mol. The smallest absolute Gasteiger partial charge is 0.423 e. The molecule has 0 aliphatic heterocycles. The van der Waals surface area contributed by atoms with Gasteiger partial charge >= 0.3 is 5.76 Å². The van der Waals surface area contributed by atoms with E-state index in [9.17, 15) is 14.4 Å². The first-order chi connectivity index (χ1) is 19.0.